The Labute approximate surface area is 153 Å². The fourth-order valence-corrected chi connectivity index (χ4v) is 3.05. The number of aliphatic carboxylic acids is 2. The predicted molar refractivity (Wildman–Crippen MR) is 96.2 cm³/mol. The van der Waals surface area contributed by atoms with Crippen molar-refractivity contribution in [2.75, 3.05) is 52.4 Å². The second-order valence-electron chi connectivity index (χ2n) is 6.56. The summed E-state index contributed by atoms with van der Waals surface area (Å²) in [5.41, 5.74) is 0.827. The quantitative estimate of drug-likeness (QED) is 0.637. The molecule has 1 heterocycles. The van der Waals surface area contributed by atoms with Crippen LogP contribution in [0.15, 0.2) is 24.3 Å². The van der Waals surface area contributed by atoms with Crippen LogP contribution in [-0.2, 0) is 16.1 Å². The molecule has 1 fully saturated rings. The Hall–Kier alpha value is -2.16. The van der Waals surface area contributed by atoms with Crippen LogP contribution in [0.4, 0.5) is 0 Å². The summed E-state index contributed by atoms with van der Waals surface area (Å²) in [5, 5.41) is 28.0. The number of benzene rings is 1. The van der Waals surface area contributed by atoms with Gasteiger partial charge in [-0.3, -0.25) is 19.4 Å². The van der Waals surface area contributed by atoms with Crippen LogP contribution in [0.3, 0.4) is 0 Å². The Balaban J connectivity index is 2.04. The average molecular weight is 365 g/mol. The molecule has 0 saturated carbocycles. The number of phenolic OH excluding ortho intramolecular Hbond substituents is 1. The second kappa shape index (κ2) is 10.1. The molecule has 0 aliphatic carbocycles. The molecule has 3 N–H and O–H groups in total. The lowest BCUT2D eigenvalue weighted by Gasteiger charge is -2.25. The summed E-state index contributed by atoms with van der Waals surface area (Å²) in [5.74, 6) is -1.45. The van der Waals surface area contributed by atoms with Crippen molar-refractivity contribution >= 4 is 11.9 Å². The second-order valence-corrected chi connectivity index (χ2v) is 6.56. The van der Waals surface area contributed by atoms with Gasteiger partial charge in [0, 0.05) is 57.9 Å². The van der Waals surface area contributed by atoms with Crippen molar-refractivity contribution in [3.05, 3.63) is 29.8 Å². The van der Waals surface area contributed by atoms with Crippen molar-refractivity contribution in [3.63, 3.8) is 0 Å². The summed E-state index contributed by atoms with van der Waals surface area (Å²) in [6.45, 7) is 4.97. The van der Waals surface area contributed by atoms with Gasteiger partial charge in [-0.25, -0.2) is 0 Å². The molecule has 0 atom stereocenters. The molecule has 1 aliphatic rings. The fourth-order valence-electron chi connectivity index (χ4n) is 3.05. The van der Waals surface area contributed by atoms with Crippen LogP contribution in [0.1, 0.15) is 12.0 Å². The molecule has 0 amide bonds. The van der Waals surface area contributed by atoms with Crippen molar-refractivity contribution in [2.24, 2.45) is 0 Å². The molecule has 8 nitrogen and oxygen atoms in total. The highest BCUT2D eigenvalue weighted by molar-refractivity contribution is 5.69. The summed E-state index contributed by atoms with van der Waals surface area (Å²) in [4.78, 5) is 28.1. The van der Waals surface area contributed by atoms with Gasteiger partial charge in [-0.1, -0.05) is 18.2 Å². The first-order valence-corrected chi connectivity index (χ1v) is 8.81. The lowest BCUT2D eigenvalue weighted by molar-refractivity contribution is -0.138. The first-order chi connectivity index (χ1) is 12.4. The summed E-state index contributed by atoms with van der Waals surface area (Å²) in [6, 6.07) is 7.18. The molecular weight excluding hydrogens is 338 g/mol. The summed E-state index contributed by atoms with van der Waals surface area (Å²) >= 11 is 0. The van der Waals surface area contributed by atoms with Crippen molar-refractivity contribution in [1.82, 2.24) is 14.7 Å². The van der Waals surface area contributed by atoms with Gasteiger partial charge >= 0.3 is 11.9 Å². The van der Waals surface area contributed by atoms with E-state index >= 15 is 0 Å². The van der Waals surface area contributed by atoms with Crippen molar-refractivity contribution in [2.45, 2.75) is 13.0 Å². The number of nitrogens with zero attached hydrogens (tertiary/aromatic N) is 3. The molecule has 0 bridgehead atoms. The minimum Gasteiger partial charge on any atom is -0.508 e. The Morgan fingerprint density at radius 1 is 0.846 bits per heavy atom. The largest absolute Gasteiger partial charge is 0.508 e. The molecule has 0 radical (unpaired) electrons. The maximum Gasteiger partial charge on any atom is 0.317 e. The van der Waals surface area contributed by atoms with E-state index in [1.807, 2.05) is 17.0 Å². The van der Waals surface area contributed by atoms with Gasteiger partial charge in [-0.15, -0.1) is 0 Å². The van der Waals surface area contributed by atoms with Crippen LogP contribution < -0.4 is 0 Å². The maximum atomic E-state index is 11.1. The predicted octanol–water partition coefficient (Wildman–Crippen LogP) is 0.371. The number of carboxylic acids is 2. The Bertz CT molecular complexity index is 610. The highest BCUT2D eigenvalue weighted by Gasteiger charge is 2.19. The van der Waals surface area contributed by atoms with E-state index in [0.29, 0.717) is 45.8 Å². The molecule has 1 saturated heterocycles. The lowest BCUT2D eigenvalue weighted by atomic mass is 10.2. The van der Waals surface area contributed by atoms with Gasteiger partial charge in [0.25, 0.3) is 0 Å². The maximum absolute atomic E-state index is 11.1. The third-order valence-corrected chi connectivity index (χ3v) is 4.58. The molecule has 8 heteroatoms. The molecule has 2 rings (SSSR count). The average Bonchev–Trinajstić information content (AvgIpc) is 2.67. The van der Waals surface area contributed by atoms with Gasteiger partial charge in [0.15, 0.2) is 0 Å². The lowest BCUT2D eigenvalue weighted by Crippen LogP contribution is -2.39. The SMILES string of the molecule is O=C(O)CCN1CCN(CC(=O)O)CCN(Cc2ccccc2O)CC1. The van der Waals surface area contributed by atoms with Gasteiger partial charge in [0.05, 0.1) is 13.0 Å². The van der Waals surface area contributed by atoms with Crippen LogP contribution >= 0.6 is 0 Å². The van der Waals surface area contributed by atoms with Crippen LogP contribution in [0.2, 0.25) is 0 Å². The molecule has 0 aromatic heterocycles. The molecular formula is C18H27N3O5. The molecule has 1 aromatic carbocycles. The molecule has 26 heavy (non-hydrogen) atoms. The van der Waals surface area contributed by atoms with Crippen molar-refractivity contribution in [3.8, 4) is 5.75 Å². The number of rotatable bonds is 7. The van der Waals surface area contributed by atoms with E-state index in [1.54, 1.807) is 12.1 Å². The topological polar surface area (TPSA) is 105 Å². The zero-order chi connectivity index (χ0) is 18.9. The third-order valence-electron chi connectivity index (χ3n) is 4.58. The van der Waals surface area contributed by atoms with E-state index in [9.17, 15) is 14.7 Å². The summed E-state index contributed by atoms with van der Waals surface area (Å²) in [7, 11) is 0. The summed E-state index contributed by atoms with van der Waals surface area (Å²) < 4.78 is 0. The first kappa shape index (κ1) is 20.2. The zero-order valence-electron chi connectivity index (χ0n) is 14.9. The monoisotopic (exact) mass is 365 g/mol. The molecule has 0 spiro atoms. The standard InChI is InChI=1S/C18H27N3O5/c22-16-4-2-1-3-15(16)13-20-9-7-19(6-5-17(23)24)8-10-21(12-11-20)14-18(25)26/h1-4,22H,5-14H2,(H,23,24)(H,25,26). The first-order valence-electron chi connectivity index (χ1n) is 8.81. The molecule has 144 valence electrons. The van der Waals surface area contributed by atoms with E-state index < -0.39 is 11.9 Å². The van der Waals surface area contributed by atoms with Crippen molar-refractivity contribution in [1.29, 1.82) is 0 Å². The van der Waals surface area contributed by atoms with E-state index in [-0.39, 0.29) is 18.7 Å². The fraction of sp³-hybridized carbons (Fsp3) is 0.556. The number of hydrogen-bond acceptors (Lipinski definition) is 6. The minimum absolute atomic E-state index is 0.0306. The number of carbonyl (C=O) groups is 2. The minimum atomic E-state index is -0.867. The van der Waals surface area contributed by atoms with Crippen LogP contribution in [0.5, 0.6) is 5.75 Å². The van der Waals surface area contributed by atoms with Crippen LogP contribution in [0, 0.1) is 0 Å². The Kier molecular flexibility index (Phi) is 7.83. The van der Waals surface area contributed by atoms with E-state index in [1.165, 1.54) is 0 Å². The third kappa shape index (κ3) is 6.99. The van der Waals surface area contributed by atoms with Gasteiger partial charge in [0.2, 0.25) is 0 Å². The van der Waals surface area contributed by atoms with Gasteiger partial charge in [-0.2, -0.15) is 0 Å². The van der Waals surface area contributed by atoms with Gasteiger partial charge in [0.1, 0.15) is 5.75 Å². The van der Waals surface area contributed by atoms with Crippen molar-refractivity contribution < 1.29 is 24.9 Å². The van der Waals surface area contributed by atoms with Crippen LogP contribution in [-0.4, -0.2) is 94.3 Å². The number of phenols is 1. The zero-order valence-corrected chi connectivity index (χ0v) is 14.9. The molecule has 1 aromatic rings. The van der Waals surface area contributed by atoms with Gasteiger partial charge < -0.3 is 20.2 Å². The number of carboxylic acid groups (broad SMARTS) is 2. The number of para-hydroxylation sites is 1. The molecule has 1 aliphatic heterocycles. The van der Waals surface area contributed by atoms with E-state index in [0.717, 1.165) is 12.1 Å². The highest BCUT2D eigenvalue weighted by Crippen LogP contribution is 2.18. The van der Waals surface area contributed by atoms with E-state index in [2.05, 4.69) is 9.80 Å². The highest BCUT2D eigenvalue weighted by atomic mass is 16.4. The van der Waals surface area contributed by atoms with E-state index in [4.69, 9.17) is 10.2 Å². The number of hydrogen-bond donors (Lipinski definition) is 3. The summed E-state index contributed by atoms with van der Waals surface area (Å²) in [6.07, 6.45) is 0.0679. The number of aromatic hydroxyl groups is 1. The smallest absolute Gasteiger partial charge is 0.317 e. The Morgan fingerprint density at radius 2 is 1.42 bits per heavy atom. The van der Waals surface area contributed by atoms with Gasteiger partial charge in [-0.05, 0) is 6.07 Å². The normalized spacial score (nSPS) is 18.0. The Morgan fingerprint density at radius 3 is 2.00 bits per heavy atom. The van der Waals surface area contributed by atoms with Crippen LogP contribution in [0.25, 0.3) is 0 Å². The molecule has 0 unspecified atom stereocenters.